The van der Waals surface area contributed by atoms with Gasteiger partial charge in [0.25, 0.3) is 0 Å². The highest BCUT2D eigenvalue weighted by molar-refractivity contribution is 6.00. The molecule has 4 nitrogen and oxygen atoms in total. The van der Waals surface area contributed by atoms with Crippen molar-refractivity contribution in [2.24, 2.45) is 7.05 Å². The van der Waals surface area contributed by atoms with Crippen LogP contribution in [0.15, 0.2) is 48.5 Å². The molecule has 4 heteroatoms. The number of methoxy groups -OCH3 is 2. The average molecular weight is 309 g/mol. The van der Waals surface area contributed by atoms with E-state index in [1.807, 2.05) is 48.0 Å². The first kappa shape index (κ1) is 15.2. The van der Waals surface area contributed by atoms with E-state index in [0.29, 0.717) is 0 Å². The topological polar surface area (TPSA) is 40.5 Å². The zero-order valence-corrected chi connectivity index (χ0v) is 13.5. The van der Waals surface area contributed by atoms with Crippen LogP contribution in [0.1, 0.15) is 5.69 Å². The number of hydrogen-bond donors (Lipinski definition) is 0. The van der Waals surface area contributed by atoms with Gasteiger partial charge in [0.15, 0.2) is 0 Å². The van der Waals surface area contributed by atoms with E-state index < -0.39 is 0 Å². The number of carbonyl (C=O) groups is 1. The molecule has 0 bridgehead atoms. The fourth-order valence-corrected chi connectivity index (χ4v) is 2.95. The summed E-state index contributed by atoms with van der Waals surface area (Å²) in [5, 5.41) is 1.07. The summed E-state index contributed by atoms with van der Waals surface area (Å²) >= 11 is 0. The molecular formula is C19H19NO3. The number of esters is 1. The Labute approximate surface area is 135 Å². The Morgan fingerprint density at radius 1 is 1.09 bits per heavy atom. The van der Waals surface area contributed by atoms with Gasteiger partial charge in [-0.3, -0.25) is 4.79 Å². The summed E-state index contributed by atoms with van der Waals surface area (Å²) in [5.74, 6) is 0.546. The summed E-state index contributed by atoms with van der Waals surface area (Å²) in [4.78, 5) is 11.9. The molecule has 118 valence electrons. The van der Waals surface area contributed by atoms with Gasteiger partial charge in [-0.05, 0) is 23.8 Å². The molecule has 1 heterocycles. The second-order valence-corrected chi connectivity index (χ2v) is 5.38. The van der Waals surface area contributed by atoms with Crippen molar-refractivity contribution in [3.05, 3.63) is 54.2 Å². The number of rotatable bonds is 4. The van der Waals surface area contributed by atoms with Gasteiger partial charge in [-0.2, -0.15) is 0 Å². The van der Waals surface area contributed by atoms with Gasteiger partial charge in [0.1, 0.15) is 5.75 Å². The number of benzene rings is 2. The summed E-state index contributed by atoms with van der Waals surface area (Å²) in [5.41, 5.74) is 4.12. The van der Waals surface area contributed by atoms with Gasteiger partial charge >= 0.3 is 5.97 Å². The molecule has 0 N–H and O–H groups in total. The van der Waals surface area contributed by atoms with Crippen molar-refractivity contribution in [1.82, 2.24) is 4.57 Å². The predicted molar refractivity (Wildman–Crippen MR) is 90.6 cm³/mol. The van der Waals surface area contributed by atoms with Crippen molar-refractivity contribution in [2.45, 2.75) is 6.42 Å². The molecule has 0 atom stereocenters. The molecule has 0 aliphatic rings. The number of hydrogen-bond acceptors (Lipinski definition) is 3. The van der Waals surface area contributed by atoms with Gasteiger partial charge in [-0.25, -0.2) is 0 Å². The van der Waals surface area contributed by atoms with E-state index in [9.17, 15) is 4.79 Å². The van der Waals surface area contributed by atoms with Crippen LogP contribution < -0.4 is 4.74 Å². The molecule has 0 saturated carbocycles. The van der Waals surface area contributed by atoms with Crippen LogP contribution in [0.2, 0.25) is 0 Å². The van der Waals surface area contributed by atoms with Gasteiger partial charge in [0.05, 0.1) is 20.6 Å². The Morgan fingerprint density at radius 3 is 2.48 bits per heavy atom. The van der Waals surface area contributed by atoms with Crippen LogP contribution in [0.3, 0.4) is 0 Å². The maximum Gasteiger partial charge on any atom is 0.311 e. The Kier molecular flexibility index (Phi) is 4.06. The van der Waals surface area contributed by atoms with E-state index in [1.165, 1.54) is 7.11 Å². The minimum Gasteiger partial charge on any atom is -0.497 e. The lowest BCUT2D eigenvalue weighted by Gasteiger charge is -2.07. The first-order valence-corrected chi connectivity index (χ1v) is 7.43. The quantitative estimate of drug-likeness (QED) is 0.692. The van der Waals surface area contributed by atoms with Gasteiger partial charge < -0.3 is 14.0 Å². The number of nitrogens with zero attached hydrogens (tertiary/aromatic N) is 1. The Balaban J connectivity index is 2.31. The number of aryl methyl sites for hydroxylation is 1. The largest absolute Gasteiger partial charge is 0.497 e. The summed E-state index contributed by atoms with van der Waals surface area (Å²) in [6.07, 6.45) is 0.230. The zero-order valence-electron chi connectivity index (χ0n) is 13.5. The molecule has 2 aromatic carbocycles. The SMILES string of the molecule is COC(=O)Cc1c(-c2ccccc2)c2cc(OC)ccc2n1C. The fourth-order valence-electron chi connectivity index (χ4n) is 2.95. The molecule has 0 spiro atoms. The number of aromatic nitrogens is 1. The molecule has 0 unspecified atom stereocenters. The molecule has 3 rings (SSSR count). The minimum absolute atomic E-state index is 0.230. The van der Waals surface area contributed by atoms with Crippen LogP contribution in [-0.4, -0.2) is 24.8 Å². The van der Waals surface area contributed by atoms with Crippen LogP contribution in [0, 0.1) is 0 Å². The van der Waals surface area contributed by atoms with Gasteiger partial charge in [-0.1, -0.05) is 30.3 Å². The maximum absolute atomic E-state index is 11.9. The van der Waals surface area contributed by atoms with Crippen LogP contribution in [0.4, 0.5) is 0 Å². The Bertz CT molecular complexity index is 850. The molecule has 3 aromatic rings. The normalized spacial score (nSPS) is 10.7. The second kappa shape index (κ2) is 6.16. The number of ether oxygens (including phenoxy) is 2. The number of fused-ring (bicyclic) bond motifs is 1. The van der Waals surface area contributed by atoms with Crippen LogP contribution >= 0.6 is 0 Å². The zero-order chi connectivity index (χ0) is 16.4. The van der Waals surface area contributed by atoms with Crippen molar-refractivity contribution in [1.29, 1.82) is 0 Å². The summed E-state index contributed by atoms with van der Waals surface area (Å²) in [6, 6.07) is 16.0. The van der Waals surface area contributed by atoms with Crippen LogP contribution in [-0.2, 0) is 23.0 Å². The van der Waals surface area contributed by atoms with E-state index in [2.05, 4.69) is 12.1 Å². The predicted octanol–water partition coefficient (Wildman–Crippen LogP) is 3.57. The number of carbonyl (C=O) groups excluding carboxylic acids is 1. The highest BCUT2D eigenvalue weighted by Gasteiger charge is 2.19. The van der Waals surface area contributed by atoms with Gasteiger partial charge in [0, 0.05) is 29.2 Å². The third-order valence-corrected chi connectivity index (χ3v) is 4.13. The third-order valence-electron chi connectivity index (χ3n) is 4.13. The summed E-state index contributed by atoms with van der Waals surface area (Å²) < 4.78 is 12.3. The smallest absolute Gasteiger partial charge is 0.311 e. The van der Waals surface area contributed by atoms with Crippen molar-refractivity contribution in [2.75, 3.05) is 14.2 Å². The lowest BCUT2D eigenvalue weighted by Crippen LogP contribution is -2.09. The average Bonchev–Trinajstić information content (AvgIpc) is 2.87. The molecule has 23 heavy (non-hydrogen) atoms. The molecule has 0 radical (unpaired) electrons. The van der Waals surface area contributed by atoms with Crippen LogP contribution in [0.5, 0.6) is 5.75 Å². The van der Waals surface area contributed by atoms with Gasteiger partial charge in [0.2, 0.25) is 0 Å². The van der Waals surface area contributed by atoms with Crippen LogP contribution in [0.25, 0.3) is 22.0 Å². The third kappa shape index (κ3) is 2.68. The minimum atomic E-state index is -0.250. The highest BCUT2D eigenvalue weighted by atomic mass is 16.5. The Morgan fingerprint density at radius 2 is 1.83 bits per heavy atom. The molecule has 0 aliphatic heterocycles. The molecule has 0 aliphatic carbocycles. The second-order valence-electron chi connectivity index (χ2n) is 5.38. The summed E-state index contributed by atoms with van der Waals surface area (Å²) in [7, 11) is 5.04. The first-order valence-electron chi connectivity index (χ1n) is 7.43. The molecule has 1 aromatic heterocycles. The van der Waals surface area contributed by atoms with Crippen molar-refractivity contribution < 1.29 is 14.3 Å². The van der Waals surface area contributed by atoms with E-state index in [4.69, 9.17) is 9.47 Å². The maximum atomic E-state index is 11.9. The highest BCUT2D eigenvalue weighted by Crippen LogP contribution is 2.36. The summed E-state index contributed by atoms with van der Waals surface area (Å²) in [6.45, 7) is 0. The van der Waals surface area contributed by atoms with Crippen molar-refractivity contribution >= 4 is 16.9 Å². The fraction of sp³-hybridized carbons (Fsp3) is 0.211. The molecule has 0 amide bonds. The first-order chi connectivity index (χ1) is 11.2. The lowest BCUT2D eigenvalue weighted by molar-refractivity contribution is -0.139. The van der Waals surface area contributed by atoms with E-state index >= 15 is 0 Å². The Hall–Kier alpha value is -2.75. The van der Waals surface area contributed by atoms with E-state index in [0.717, 1.165) is 33.5 Å². The standard InChI is InChI=1S/C19H19NO3/c1-20-16-10-9-14(22-2)11-15(16)19(13-7-5-4-6-8-13)17(20)12-18(21)23-3/h4-11H,12H2,1-3H3. The van der Waals surface area contributed by atoms with E-state index in [1.54, 1.807) is 7.11 Å². The molecular weight excluding hydrogens is 290 g/mol. The monoisotopic (exact) mass is 309 g/mol. The van der Waals surface area contributed by atoms with Gasteiger partial charge in [-0.15, -0.1) is 0 Å². The van der Waals surface area contributed by atoms with Crippen molar-refractivity contribution in [3.8, 4) is 16.9 Å². The van der Waals surface area contributed by atoms with E-state index in [-0.39, 0.29) is 12.4 Å². The lowest BCUT2D eigenvalue weighted by atomic mass is 10.0. The molecule has 0 saturated heterocycles. The molecule has 0 fully saturated rings. The van der Waals surface area contributed by atoms with Crippen molar-refractivity contribution in [3.63, 3.8) is 0 Å².